The summed E-state index contributed by atoms with van der Waals surface area (Å²) in [6, 6.07) is 6.59. The summed E-state index contributed by atoms with van der Waals surface area (Å²) >= 11 is 0. The number of carbonyl (C=O) groups excluding carboxylic acids is 1. The number of anilines is 1. The van der Waals surface area contributed by atoms with E-state index in [9.17, 15) is 9.59 Å². The summed E-state index contributed by atoms with van der Waals surface area (Å²) in [4.78, 5) is 28.4. The van der Waals surface area contributed by atoms with Crippen LogP contribution in [0.1, 0.15) is 16.8 Å². The molecule has 0 aliphatic carbocycles. The maximum atomic E-state index is 12.5. The lowest BCUT2D eigenvalue weighted by molar-refractivity contribution is -0.136. The Balaban J connectivity index is 2.26. The molecule has 8 heteroatoms. The number of aliphatic carboxylic acids is 1. The van der Waals surface area contributed by atoms with Crippen LogP contribution >= 0.6 is 0 Å². The third-order valence-corrected chi connectivity index (χ3v) is 2.77. The zero-order chi connectivity index (χ0) is 15.2. The van der Waals surface area contributed by atoms with Crippen molar-refractivity contribution in [3.05, 3.63) is 36.2 Å². The van der Waals surface area contributed by atoms with Crippen molar-refractivity contribution in [2.75, 3.05) is 18.6 Å². The van der Waals surface area contributed by atoms with Crippen molar-refractivity contribution >= 4 is 17.8 Å². The van der Waals surface area contributed by atoms with E-state index in [0.717, 1.165) is 0 Å². The largest absolute Gasteiger partial charge is 0.497 e. The van der Waals surface area contributed by atoms with Crippen molar-refractivity contribution in [3.8, 4) is 5.75 Å². The van der Waals surface area contributed by atoms with Gasteiger partial charge >= 0.3 is 5.97 Å². The van der Waals surface area contributed by atoms with Crippen molar-refractivity contribution in [2.45, 2.75) is 6.42 Å². The van der Waals surface area contributed by atoms with Crippen molar-refractivity contribution in [1.82, 2.24) is 15.2 Å². The molecule has 0 atom stereocenters. The van der Waals surface area contributed by atoms with E-state index in [1.54, 1.807) is 24.3 Å². The van der Waals surface area contributed by atoms with Gasteiger partial charge in [-0.2, -0.15) is 10.1 Å². The molecule has 0 fully saturated rings. The van der Waals surface area contributed by atoms with Crippen LogP contribution in [0.25, 0.3) is 0 Å². The van der Waals surface area contributed by atoms with E-state index >= 15 is 0 Å². The van der Waals surface area contributed by atoms with Gasteiger partial charge in [-0.1, -0.05) is 6.07 Å². The molecule has 0 saturated heterocycles. The summed E-state index contributed by atoms with van der Waals surface area (Å²) in [6.45, 7) is -0.0133. The SMILES string of the molecule is COc1cccc(C(=O)N(CCC(=O)O)c2ncn[nH]2)c1. The first-order valence-corrected chi connectivity index (χ1v) is 6.15. The number of ether oxygens (including phenoxy) is 1. The van der Waals surface area contributed by atoms with E-state index in [2.05, 4.69) is 15.2 Å². The van der Waals surface area contributed by atoms with Crippen LogP contribution in [0.3, 0.4) is 0 Å². The highest BCUT2D eigenvalue weighted by Crippen LogP contribution is 2.17. The Labute approximate surface area is 120 Å². The Kier molecular flexibility index (Phi) is 4.50. The lowest BCUT2D eigenvalue weighted by atomic mass is 10.2. The molecule has 21 heavy (non-hydrogen) atoms. The number of hydrogen-bond acceptors (Lipinski definition) is 5. The maximum absolute atomic E-state index is 12.5. The molecule has 0 unspecified atom stereocenters. The Hall–Kier alpha value is -2.90. The average molecular weight is 290 g/mol. The van der Waals surface area contributed by atoms with Crippen LogP contribution in [0.2, 0.25) is 0 Å². The van der Waals surface area contributed by atoms with E-state index in [4.69, 9.17) is 9.84 Å². The Morgan fingerprint density at radius 1 is 1.43 bits per heavy atom. The minimum absolute atomic E-state index is 0.0133. The van der Waals surface area contributed by atoms with Gasteiger partial charge in [0.15, 0.2) is 0 Å². The number of H-pyrrole nitrogens is 1. The van der Waals surface area contributed by atoms with Crippen LogP contribution in [-0.4, -0.2) is 45.8 Å². The van der Waals surface area contributed by atoms with E-state index in [0.29, 0.717) is 11.3 Å². The number of carboxylic acid groups (broad SMARTS) is 1. The fourth-order valence-electron chi connectivity index (χ4n) is 1.75. The molecule has 0 saturated carbocycles. The molecular formula is C13H14N4O4. The number of nitrogens with zero attached hydrogens (tertiary/aromatic N) is 3. The maximum Gasteiger partial charge on any atom is 0.305 e. The molecule has 0 bridgehead atoms. The van der Waals surface area contributed by atoms with Gasteiger partial charge < -0.3 is 9.84 Å². The molecule has 110 valence electrons. The molecule has 2 aromatic rings. The highest BCUT2D eigenvalue weighted by atomic mass is 16.5. The predicted octanol–water partition coefficient (Wildman–Crippen LogP) is 0.935. The number of carbonyl (C=O) groups is 2. The summed E-state index contributed by atoms with van der Waals surface area (Å²) in [5, 5.41) is 15.0. The number of methoxy groups -OCH3 is 1. The topological polar surface area (TPSA) is 108 Å². The highest BCUT2D eigenvalue weighted by Gasteiger charge is 2.21. The van der Waals surface area contributed by atoms with Gasteiger partial charge in [0.1, 0.15) is 12.1 Å². The van der Waals surface area contributed by atoms with Crippen LogP contribution in [0.15, 0.2) is 30.6 Å². The van der Waals surface area contributed by atoms with Crippen molar-refractivity contribution < 1.29 is 19.4 Å². The fraction of sp³-hybridized carbons (Fsp3) is 0.231. The molecule has 1 heterocycles. The number of rotatable bonds is 6. The third kappa shape index (κ3) is 3.56. The summed E-state index contributed by atoms with van der Waals surface area (Å²) in [5.74, 6) is -0.648. The molecule has 0 aliphatic rings. The first kappa shape index (κ1) is 14.5. The fourth-order valence-corrected chi connectivity index (χ4v) is 1.75. The van der Waals surface area contributed by atoms with Crippen molar-refractivity contribution in [3.63, 3.8) is 0 Å². The molecular weight excluding hydrogens is 276 g/mol. The molecule has 2 rings (SSSR count). The lowest BCUT2D eigenvalue weighted by Crippen LogP contribution is -2.34. The summed E-state index contributed by atoms with van der Waals surface area (Å²) in [7, 11) is 1.50. The summed E-state index contributed by atoms with van der Waals surface area (Å²) < 4.78 is 5.07. The van der Waals surface area contributed by atoms with Gasteiger partial charge in [-0.25, -0.2) is 5.10 Å². The van der Waals surface area contributed by atoms with Gasteiger partial charge in [-0.05, 0) is 18.2 Å². The van der Waals surface area contributed by atoms with E-state index in [1.165, 1.54) is 18.3 Å². The van der Waals surface area contributed by atoms with E-state index < -0.39 is 5.97 Å². The van der Waals surface area contributed by atoms with Crippen LogP contribution < -0.4 is 9.64 Å². The van der Waals surface area contributed by atoms with Gasteiger partial charge in [-0.3, -0.25) is 14.5 Å². The van der Waals surface area contributed by atoms with Crippen molar-refractivity contribution in [1.29, 1.82) is 0 Å². The number of aromatic nitrogens is 3. The highest BCUT2D eigenvalue weighted by molar-refractivity contribution is 6.05. The lowest BCUT2D eigenvalue weighted by Gasteiger charge is -2.18. The first-order valence-electron chi connectivity index (χ1n) is 6.15. The molecule has 1 aromatic carbocycles. The van der Waals surface area contributed by atoms with E-state index in [1.807, 2.05) is 0 Å². The smallest absolute Gasteiger partial charge is 0.305 e. The zero-order valence-corrected chi connectivity index (χ0v) is 11.3. The summed E-state index contributed by atoms with van der Waals surface area (Å²) in [5.41, 5.74) is 0.371. The average Bonchev–Trinajstić information content (AvgIpc) is 3.01. The number of carboxylic acids is 1. The normalized spacial score (nSPS) is 10.1. The molecule has 0 spiro atoms. The number of benzene rings is 1. The summed E-state index contributed by atoms with van der Waals surface area (Å²) in [6.07, 6.45) is 1.05. The molecule has 0 aliphatic heterocycles. The number of aromatic amines is 1. The standard InChI is InChI=1S/C13H14N4O4/c1-21-10-4-2-3-9(7-10)12(20)17(6-5-11(18)19)13-14-8-15-16-13/h2-4,7-8H,5-6H2,1H3,(H,18,19)(H,14,15,16). The van der Waals surface area contributed by atoms with Gasteiger partial charge in [0, 0.05) is 12.1 Å². The minimum atomic E-state index is -1.00. The van der Waals surface area contributed by atoms with Crippen molar-refractivity contribution in [2.24, 2.45) is 0 Å². The van der Waals surface area contributed by atoms with E-state index in [-0.39, 0.29) is 24.8 Å². The van der Waals surface area contributed by atoms with Crippen LogP contribution in [-0.2, 0) is 4.79 Å². The Bertz CT molecular complexity index is 627. The number of hydrogen-bond donors (Lipinski definition) is 2. The number of amides is 1. The molecule has 1 amide bonds. The van der Waals surface area contributed by atoms with Gasteiger partial charge in [0.25, 0.3) is 5.91 Å². The van der Waals surface area contributed by atoms with Crippen LogP contribution in [0, 0.1) is 0 Å². The second kappa shape index (κ2) is 6.51. The Morgan fingerprint density at radius 3 is 2.86 bits per heavy atom. The second-order valence-electron chi connectivity index (χ2n) is 4.14. The molecule has 0 radical (unpaired) electrons. The van der Waals surface area contributed by atoms with Gasteiger partial charge in [0.2, 0.25) is 5.95 Å². The molecule has 2 N–H and O–H groups in total. The number of nitrogens with one attached hydrogen (secondary N) is 1. The quantitative estimate of drug-likeness (QED) is 0.819. The minimum Gasteiger partial charge on any atom is -0.497 e. The van der Waals surface area contributed by atoms with Crippen LogP contribution in [0.5, 0.6) is 5.75 Å². The third-order valence-electron chi connectivity index (χ3n) is 2.77. The second-order valence-corrected chi connectivity index (χ2v) is 4.14. The molecule has 1 aromatic heterocycles. The molecule has 8 nitrogen and oxygen atoms in total. The monoisotopic (exact) mass is 290 g/mol. The predicted molar refractivity (Wildman–Crippen MR) is 73.3 cm³/mol. The van der Waals surface area contributed by atoms with Gasteiger partial charge in [0.05, 0.1) is 13.5 Å². The van der Waals surface area contributed by atoms with Crippen LogP contribution in [0.4, 0.5) is 5.95 Å². The first-order chi connectivity index (χ1) is 10.1. The Morgan fingerprint density at radius 2 is 2.24 bits per heavy atom. The zero-order valence-electron chi connectivity index (χ0n) is 11.3. The van der Waals surface area contributed by atoms with Gasteiger partial charge in [-0.15, -0.1) is 0 Å².